The maximum absolute atomic E-state index is 12.9. The minimum Gasteiger partial charge on any atom is -0.457 e. The van der Waals surface area contributed by atoms with E-state index in [9.17, 15) is 4.79 Å². The Morgan fingerprint density at radius 1 is 1.11 bits per heavy atom. The monoisotopic (exact) mass is 468 g/mol. The average Bonchev–Trinajstić information content (AvgIpc) is 3.26. The van der Waals surface area contributed by atoms with Gasteiger partial charge in [0.05, 0.1) is 5.69 Å². The van der Waals surface area contributed by atoms with Gasteiger partial charge < -0.3 is 24.8 Å². The van der Waals surface area contributed by atoms with Crippen molar-refractivity contribution >= 4 is 34.0 Å². The third-order valence-electron chi connectivity index (χ3n) is 6.14. The molecule has 2 aromatic carbocycles. The third-order valence-corrected chi connectivity index (χ3v) is 6.14. The van der Waals surface area contributed by atoms with Gasteiger partial charge in [-0.3, -0.25) is 0 Å². The molecule has 0 saturated heterocycles. The van der Waals surface area contributed by atoms with Crippen molar-refractivity contribution in [2.75, 3.05) is 37.4 Å². The molecule has 35 heavy (non-hydrogen) atoms. The van der Waals surface area contributed by atoms with Crippen LogP contribution in [-0.2, 0) is 0 Å². The number of amides is 2. The first-order valence-corrected chi connectivity index (χ1v) is 11.6. The van der Waals surface area contributed by atoms with Crippen molar-refractivity contribution in [1.29, 1.82) is 0 Å². The molecule has 0 spiro atoms. The molecule has 1 aliphatic rings. The van der Waals surface area contributed by atoms with Crippen LogP contribution in [0.4, 0.5) is 16.2 Å². The molecule has 0 fully saturated rings. The molecule has 0 atom stereocenters. The predicted molar refractivity (Wildman–Crippen MR) is 139 cm³/mol. The maximum Gasteiger partial charge on any atom is 0.322 e. The number of nitrogens with zero attached hydrogens (tertiary/aromatic N) is 4. The van der Waals surface area contributed by atoms with Crippen molar-refractivity contribution in [3.8, 4) is 11.5 Å². The molecule has 0 saturated carbocycles. The summed E-state index contributed by atoms with van der Waals surface area (Å²) in [5, 5.41) is 4.04. The van der Waals surface area contributed by atoms with Crippen LogP contribution >= 0.6 is 0 Å². The lowest BCUT2D eigenvalue weighted by molar-refractivity contribution is 0.217. The first kappa shape index (κ1) is 22.5. The minimum absolute atomic E-state index is 0.140. The Labute approximate surface area is 204 Å². The molecule has 2 N–H and O–H groups in total. The van der Waals surface area contributed by atoms with Crippen molar-refractivity contribution in [1.82, 2.24) is 19.9 Å². The number of benzene rings is 2. The molecule has 1 aliphatic heterocycles. The standard InChI is InChI=1S/C27H28N6O2/c1-18-16-28-26-24(18)25(29-17-30-26)19-11-13-33(14-12-19)27(34)31-20-5-4-6-23(15-20)35-22-9-7-21(8-10-22)32(2)3/h4-11,15-17H,12-14H2,1-3H3,(H,31,34)(H,28,29,30). The molecule has 178 valence electrons. The van der Waals surface area contributed by atoms with E-state index >= 15 is 0 Å². The largest absolute Gasteiger partial charge is 0.457 e. The van der Waals surface area contributed by atoms with Gasteiger partial charge in [-0.1, -0.05) is 12.1 Å². The van der Waals surface area contributed by atoms with Crippen LogP contribution in [0.15, 0.2) is 67.1 Å². The topological polar surface area (TPSA) is 86.4 Å². The molecule has 8 heteroatoms. The van der Waals surface area contributed by atoms with E-state index in [1.54, 1.807) is 11.2 Å². The van der Waals surface area contributed by atoms with Gasteiger partial charge in [-0.05, 0) is 60.9 Å². The number of aromatic nitrogens is 3. The van der Waals surface area contributed by atoms with Crippen LogP contribution in [0, 0.1) is 6.92 Å². The number of anilines is 2. The number of carbonyl (C=O) groups is 1. The molecule has 0 bridgehead atoms. The zero-order valence-corrected chi connectivity index (χ0v) is 20.1. The second kappa shape index (κ2) is 9.50. The highest BCUT2D eigenvalue weighted by molar-refractivity contribution is 5.93. The highest BCUT2D eigenvalue weighted by Crippen LogP contribution is 2.29. The Morgan fingerprint density at radius 2 is 1.94 bits per heavy atom. The van der Waals surface area contributed by atoms with Crippen LogP contribution in [0.5, 0.6) is 11.5 Å². The van der Waals surface area contributed by atoms with Gasteiger partial charge in [0.15, 0.2) is 0 Å². The Kier molecular flexibility index (Phi) is 6.10. The number of carbonyl (C=O) groups excluding carboxylic acids is 1. The number of rotatable bonds is 5. The quantitative estimate of drug-likeness (QED) is 0.407. The van der Waals surface area contributed by atoms with Gasteiger partial charge in [0, 0.05) is 56.2 Å². The number of aromatic amines is 1. The van der Waals surface area contributed by atoms with E-state index in [1.807, 2.05) is 80.6 Å². The smallest absolute Gasteiger partial charge is 0.322 e. The molecule has 2 aromatic heterocycles. The van der Waals surface area contributed by atoms with E-state index in [0.29, 0.717) is 24.5 Å². The molecule has 0 radical (unpaired) electrons. The van der Waals surface area contributed by atoms with Gasteiger partial charge in [-0.25, -0.2) is 14.8 Å². The fourth-order valence-corrected chi connectivity index (χ4v) is 4.22. The van der Waals surface area contributed by atoms with Crippen LogP contribution in [0.3, 0.4) is 0 Å². The minimum atomic E-state index is -0.140. The number of aryl methyl sites for hydroxylation is 1. The molecule has 0 unspecified atom stereocenters. The van der Waals surface area contributed by atoms with E-state index < -0.39 is 0 Å². The Balaban J connectivity index is 1.23. The highest BCUT2D eigenvalue weighted by Gasteiger charge is 2.21. The molecule has 3 heterocycles. The molecule has 2 amide bonds. The molecule has 8 nitrogen and oxygen atoms in total. The second-order valence-electron chi connectivity index (χ2n) is 8.79. The van der Waals surface area contributed by atoms with Gasteiger partial charge in [0.25, 0.3) is 0 Å². The van der Waals surface area contributed by atoms with Crippen LogP contribution in [0.25, 0.3) is 16.6 Å². The van der Waals surface area contributed by atoms with Crippen molar-refractivity contribution < 1.29 is 9.53 Å². The Hall–Kier alpha value is -4.33. The maximum atomic E-state index is 12.9. The Morgan fingerprint density at radius 3 is 2.69 bits per heavy atom. The lowest BCUT2D eigenvalue weighted by Gasteiger charge is -2.26. The Bertz CT molecular complexity index is 1390. The normalized spacial score (nSPS) is 13.5. The molecular formula is C27H28N6O2. The fourth-order valence-electron chi connectivity index (χ4n) is 4.22. The summed E-state index contributed by atoms with van der Waals surface area (Å²) in [4.78, 5) is 28.8. The van der Waals surface area contributed by atoms with E-state index in [-0.39, 0.29) is 6.03 Å². The van der Waals surface area contributed by atoms with Crippen LogP contribution < -0.4 is 15.0 Å². The van der Waals surface area contributed by atoms with Crippen molar-refractivity contribution in [2.24, 2.45) is 0 Å². The van der Waals surface area contributed by atoms with Crippen LogP contribution in [0.2, 0.25) is 0 Å². The lowest BCUT2D eigenvalue weighted by Crippen LogP contribution is -2.37. The SMILES string of the molecule is Cc1c[nH]c2ncnc(C3=CCN(C(=O)Nc4cccc(Oc5ccc(N(C)C)cc5)c4)CC3)c12. The third kappa shape index (κ3) is 4.82. The van der Waals surface area contributed by atoms with Gasteiger partial charge in [0.1, 0.15) is 23.5 Å². The molecule has 0 aliphatic carbocycles. The zero-order valence-electron chi connectivity index (χ0n) is 20.1. The summed E-state index contributed by atoms with van der Waals surface area (Å²) in [5.74, 6) is 1.40. The molecule has 4 aromatic rings. The number of H-pyrrole nitrogens is 1. The summed E-state index contributed by atoms with van der Waals surface area (Å²) < 4.78 is 5.97. The fraction of sp³-hybridized carbons (Fsp3) is 0.222. The van der Waals surface area contributed by atoms with Gasteiger partial charge in [-0.15, -0.1) is 0 Å². The number of hydrogen-bond acceptors (Lipinski definition) is 5. The summed E-state index contributed by atoms with van der Waals surface area (Å²) in [5.41, 5.74) is 5.82. The average molecular weight is 469 g/mol. The lowest BCUT2D eigenvalue weighted by atomic mass is 10.0. The van der Waals surface area contributed by atoms with E-state index in [0.717, 1.165) is 45.7 Å². The molecule has 5 rings (SSSR count). The first-order valence-electron chi connectivity index (χ1n) is 11.6. The van der Waals surface area contributed by atoms with Crippen molar-refractivity contribution in [2.45, 2.75) is 13.3 Å². The van der Waals surface area contributed by atoms with Crippen molar-refractivity contribution in [3.05, 3.63) is 78.4 Å². The zero-order chi connectivity index (χ0) is 24.4. The number of urea groups is 1. The predicted octanol–water partition coefficient (Wildman–Crippen LogP) is 5.45. The van der Waals surface area contributed by atoms with Crippen LogP contribution in [-0.4, -0.2) is 53.1 Å². The number of ether oxygens (including phenoxy) is 1. The van der Waals surface area contributed by atoms with E-state index in [1.165, 1.54) is 0 Å². The van der Waals surface area contributed by atoms with E-state index in [4.69, 9.17) is 4.74 Å². The van der Waals surface area contributed by atoms with Gasteiger partial charge in [-0.2, -0.15) is 0 Å². The summed E-state index contributed by atoms with van der Waals surface area (Å²) in [6.07, 6.45) is 6.34. The van der Waals surface area contributed by atoms with Gasteiger partial charge in [0.2, 0.25) is 0 Å². The van der Waals surface area contributed by atoms with Crippen molar-refractivity contribution in [3.63, 3.8) is 0 Å². The summed E-state index contributed by atoms with van der Waals surface area (Å²) >= 11 is 0. The molecular weight excluding hydrogens is 440 g/mol. The second-order valence-corrected chi connectivity index (χ2v) is 8.79. The number of nitrogens with one attached hydrogen (secondary N) is 2. The number of hydrogen-bond donors (Lipinski definition) is 2. The first-order chi connectivity index (χ1) is 17.0. The highest BCUT2D eigenvalue weighted by atomic mass is 16.5. The number of fused-ring (bicyclic) bond motifs is 1. The summed E-state index contributed by atoms with van der Waals surface area (Å²) in [7, 11) is 4.00. The summed E-state index contributed by atoms with van der Waals surface area (Å²) in [6.45, 7) is 3.18. The van der Waals surface area contributed by atoms with Crippen LogP contribution in [0.1, 0.15) is 17.7 Å². The summed E-state index contributed by atoms with van der Waals surface area (Å²) in [6, 6.07) is 15.2. The van der Waals surface area contributed by atoms with E-state index in [2.05, 4.69) is 26.3 Å². The van der Waals surface area contributed by atoms with Gasteiger partial charge >= 0.3 is 6.03 Å².